The van der Waals surface area contributed by atoms with Gasteiger partial charge in [-0.3, -0.25) is 14.4 Å². The third kappa shape index (κ3) is 4.82. The second-order valence-electron chi connectivity index (χ2n) is 10.8. The molecule has 0 aromatic heterocycles. The molecular formula is C30H40ClN3O4S. The predicted molar refractivity (Wildman–Crippen MR) is 158 cm³/mol. The molecule has 9 heteroatoms. The number of aliphatic hydroxyl groups excluding tert-OH is 1. The van der Waals surface area contributed by atoms with Crippen molar-refractivity contribution in [1.29, 1.82) is 0 Å². The van der Waals surface area contributed by atoms with Crippen LogP contribution in [0.3, 0.4) is 0 Å². The molecule has 0 radical (unpaired) electrons. The van der Waals surface area contributed by atoms with Gasteiger partial charge in [-0.25, -0.2) is 0 Å². The van der Waals surface area contributed by atoms with Crippen LogP contribution in [-0.2, 0) is 14.4 Å². The first-order valence-corrected chi connectivity index (χ1v) is 15.2. The molecule has 3 fully saturated rings. The normalized spacial score (nSPS) is 29.7. The molecule has 3 amide bonds. The Kier molecular flexibility index (Phi) is 9.19. The fourth-order valence-electron chi connectivity index (χ4n) is 6.98. The molecule has 0 aliphatic carbocycles. The second kappa shape index (κ2) is 12.1. The lowest BCUT2D eigenvalue weighted by Crippen LogP contribution is -2.59. The Morgan fingerprint density at radius 1 is 1.21 bits per heavy atom. The summed E-state index contributed by atoms with van der Waals surface area (Å²) in [5.74, 6) is -1.55. The van der Waals surface area contributed by atoms with E-state index in [4.69, 9.17) is 11.6 Å². The van der Waals surface area contributed by atoms with Crippen LogP contribution in [0.2, 0.25) is 5.02 Å². The van der Waals surface area contributed by atoms with Crippen molar-refractivity contribution in [3.05, 3.63) is 54.6 Å². The fourth-order valence-corrected chi connectivity index (χ4v) is 9.50. The van der Waals surface area contributed by atoms with Crippen LogP contribution in [0.15, 0.2) is 49.6 Å². The first kappa shape index (κ1) is 29.7. The van der Waals surface area contributed by atoms with Crippen LogP contribution in [0, 0.1) is 17.8 Å². The van der Waals surface area contributed by atoms with Crippen molar-refractivity contribution in [2.24, 2.45) is 17.8 Å². The highest BCUT2D eigenvalue weighted by Crippen LogP contribution is 2.69. The van der Waals surface area contributed by atoms with E-state index in [0.29, 0.717) is 30.2 Å². The molecule has 3 heterocycles. The van der Waals surface area contributed by atoms with Crippen molar-refractivity contribution in [3.8, 4) is 0 Å². The maximum atomic E-state index is 14.6. The Morgan fingerprint density at radius 3 is 2.44 bits per heavy atom. The summed E-state index contributed by atoms with van der Waals surface area (Å²) in [4.78, 5) is 48.1. The van der Waals surface area contributed by atoms with Crippen LogP contribution < -0.4 is 4.90 Å². The molecule has 3 saturated heterocycles. The van der Waals surface area contributed by atoms with Crippen LogP contribution in [-0.4, -0.2) is 80.9 Å². The van der Waals surface area contributed by atoms with E-state index in [2.05, 4.69) is 20.1 Å². The average molecular weight is 574 g/mol. The molecule has 3 aliphatic heterocycles. The molecule has 2 bridgehead atoms. The Morgan fingerprint density at radius 2 is 1.87 bits per heavy atom. The summed E-state index contributed by atoms with van der Waals surface area (Å²) >= 11 is 7.78. The lowest BCUT2D eigenvalue weighted by molar-refractivity contribution is -0.145. The van der Waals surface area contributed by atoms with Crippen LogP contribution in [0.1, 0.15) is 40.0 Å². The minimum Gasteiger partial charge on any atom is -0.394 e. The average Bonchev–Trinajstić information content (AvgIpc) is 3.52. The largest absolute Gasteiger partial charge is 0.394 e. The van der Waals surface area contributed by atoms with Crippen molar-refractivity contribution in [3.63, 3.8) is 0 Å². The maximum Gasteiger partial charge on any atom is 0.251 e. The highest BCUT2D eigenvalue weighted by atomic mass is 35.5. The van der Waals surface area contributed by atoms with E-state index < -0.39 is 28.7 Å². The van der Waals surface area contributed by atoms with Gasteiger partial charge < -0.3 is 19.8 Å². The predicted octanol–water partition coefficient (Wildman–Crippen LogP) is 4.39. The van der Waals surface area contributed by atoms with E-state index in [9.17, 15) is 19.5 Å². The van der Waals surface area contributed by atoms with Gasteiger partial charge in [0.2, 0.25) is 11.8 Å². The van der Waals surface area contributed by atoms with Gasteiger partial charge in [-0.15, -0.1) is 24.9 Å². The van der Waals surface area contributed by atoms with Crippen LogP contribution in [0.5, 0.6) is 0 Å². The quantitative estimate of drug-likeness (QED) is 0.375. The van der Waals surface area contributed by atoms with E-state index in [-0.39, 0.29) is 42.0 Å². The molecule has 1 aromatic rings. The first-order chi connectivity index (χ1) is 18.7. The summed E-state index contributed by atoms with van der Waals surface area (Å²) in [6.07, 6.45) is 5.45. The standard InChI is InChI=1S/C30H40ClN3O4S/c1-6-14-32(15-7-2)27(36)24-23-17-19(5)30(39-23)25(24)28(37)34(21(9-4)18-35)26(30)29(38)33(16-8-3)22-12-10-20(31)11-13-22/h6,8,10-13,19,21,23-26,35H,1,3,7,9,14-18H2,2,4-5H3/t19?,21-,23-,24+,25-,26?,30?/m0/s1. The summed E-state index contributed by atoms with van der Waals surface area (Å²) in [5, 5.41) is 10.9. The number of fused-ring (bicyclic) bond motifs is 1. The number of nitrogens with zero attached hydrogens (tertiary/aromatic N) is 3. The summed E-state index contributed by atoms with van der Waals surface area (Å²) in [6.45, 7) is 14.7. The molecule has 1 spiro atoms. The Balaban J connectivity index is 1.83. The summed E-state index contributed by atoms with van der Waals surface area (Å²) in [5.41, 5.74) is 0.659. The van der Waals surface area contributed by atoms with Crippen LogP contribution >= 0.6 is 23.4 Å². The van der Waals surface area contributed by atoms with E-state index in [1.807, 2.05) is 13.8 Å². The van der Waals surface area contributed by atoms with Gasteiger partial charge in [-0.05, 0) is 49.4 Å². The highest BCUT2D eigenvalue weighted by molar-refractivity contribution is 8.02. The number of aliphatic hydroxyl groups is 1. The van der Waals surface area contributed by atoms with E-state index >= 15 is 0 Å². The topological polar surface area (TPSA) is 81.2 Å². The third-order valence-electron chi connectivity index (χ3n) is 8.65. The van der Waals surface area contributed by atoms with Crippen molar-refractivity contribution in [2.45, 2.75) is 62.1 Å². The van der Waals surface area contributed by atoms with Gasteiger partial charge in [0.1, 0.15) is 6.04 Å². The molecule has 7 atom stereocenters. The Hall–Kier alpha value is -2.29. The van der Waals surface area contributed by atoms with Crippen molar-refractivity contribution < 1.29 is 19.5 Å². The lowest BCUT2D eigenvalue weighted by Gasteiger charge is -2.42. The maximum absolute atomic E-state index is 14.6. The Labute approximate surface area is 241 Å². The molecule has 3 aliphatic rings. The molecule has 3 unspecified atom stereocenters. The highest BCUT2D eigenvalue weighted by Gasteiger charge is 2.77. The summed E-state index contributed by atoms with van der Waals surface area (Å²) in [6, 6.07) is 5.70. The zero-order valence-corrected chi connectivity index (χ0v) is 24.7. The van der Waals surface area contributed by atoms with Gasteiger partial charge in [-0.1, -0.05) is 44.5 Å². The molecule has 1 aromatic carbocycles. The van der Waals surface area contributed by atoms with Gasteiger partial charge >= 0.3 is 0 Å². The first-order valence-electron chi connectivity index (χ1n) is 13.9. The van der Waals surface area contributed by atoms with Crippen molar-refractivity contribution in [2.75, 3.05) is 31.1 Å². The second-order valence-corrected chi connectivity index (χ2v) is 12.8. The van der Waals surface area contributed by atoms with Gasteiger partial charge in [0.15, 0.2) is 0 Å². The number of rotatable bonds is 12. The van der Waals surface area contributed by atoms with Crippen molar-refractivity contribution >= 4 is 46.8 Å². The van der Waals surface area contributed by atoms with E-state index in [1.54, 1.807) is 62.9 Å². The van der Waals surface area contributed by atoms with E-state index in [1.165, 1.54) is 0 Å². The zero-order valence-electron chi connectivity index (χ0n) is 23.1. The Bertz CT molecular complexity index is 1110. The van der Waals surface area contributed by atoms with Crippen LogP contribution in [0.25, 0.3) is 0 Å². The smallest absolute Gasteiger partial charge is 0.251 e. The van der Waals surface area contributed by atoms with Gasteiger partial charge in [0.05, 0.1) is 29.2 Å². The molecule has 0 saturated carbocycles. The monoisotopic (exact) mass is 573 g/mol. The van der Waals surface area contributed by atoms with Gasteiger partial charge in [0, 0.05) is 35.6 Å². The van der Waals surface area contributed by atoms with Crippen molar-refractivity contribution in [1.82, 2.24) is 9.80 Å². The number of carbonyl (C=O) groups excluding carboxylic acids is 3. The van der Waals surface area contributed by atoms with Crippen LogP contribution in [0.4, 0.5) is 5.69 Å². The number of benzene rings is 1. The summed E-state index contributed by atoms with van der Waals surface area (Å²) in [7, 11) is 0. The zero-order chi connectivity index (χ0) is 28.5. The van der Waals surface area contributed by atoms with Gasteiger partial charge in [0.25, 0.3) is 5.91 Å². The molecular weight excluding hydrogens is 534 g/mol. The number of halogens is 1. The minimum absolute atomic E-state index is 0.0351. The molecule has 7 nitrogen and oxygen atoms in total. The lowest BCUT2D eigenvalue weighted by atomic mass is 9.65. The number of carbonyl (C=O) groups is 3. The minimum atomic E-state index is -0.815. The number of thioether (sulfide) groups is 1. The number of amides is 3. The molecule has 212 valence electrons. The third-order valence-corrected chi connectivity index (χ3v) is 11.0. The molecule has 4 rings (SSSR count). The number of anilines is 1. The van der Waals surface area contributed by atoms with E-state index in [0.717, 1.165) is 12.8 Å². The number of hydrogen-bond acceptors (Lipinski definition) is 5. The molecule has 39 heavy (non-hydrogen) atoms. The summed E-state index contributed by atoms with van der Waals surface area (Å²) < 4.78 is -0.764. The van der Waals surface area contributed by atoms with Gasteiger partial charge in [-0.2, -0.15) is 0 Å². The SMILES string of the molecule is C=CCN(CCC)C(=O)[C@@H]1[C@@H]2CC(C)C3(S2)C(C(=O)N(CC=C)c2ccc(Cl)cc2)N([C@@H](CC)CO)C(=O)[C@H]13. The fraction of sp³-hybridized carbons (Fsp3) is 0.567. The number of hydrogen-bond donors (Lipinski definition) is 1. The number of likely N-dealkylation sites (tertiary alicyclic amines) is 1. The molecule has 1 N–H and O–H groups in total.